The molecule has 0 radical (unpaired) electrons. The third-order valence-corrected chi connectivity index (χ3v) is 6.54. The number of nitrogens with one attached hydrogen (secondary N) is 1. The minimum atomic E-state index is -0.651. The van der Waals surface area contributed by atoms with E-state index in [2.05, 4.69) is 15.0 Å². The molecular formula is C25H21ClFN3O5. The Bertz CT molecular complexity index is 1400. The van der Waals surface area contributed by atoms with Crippen LogP contribution in [0, 0.1) is 5.82 Å². The molecule has 4 atom stereocenters. The van der Waals surface area contributed by atoms with Gasteiger partial charge in [-0.1, -0.05) is 35.9 Å². The third-order valence-electron chi connectivity index (χ3n) is 6.25. The van der Waals surface area contributed by atoms with Gasteiger partial charge in [0.1, 0.15) is 29.9 Å². The maximum absolute atomic E-state index is 13.9. The van der Waals surface area contributed by atoms with Crippen LogP contribution in [0.5, 0.6) is 11.8 Å². The first kappa shape index (κ1) is 22.2. The van der Waals surface area contributed by atoms with E-state index < -0.39 is 6.10 Å². The summed E-state index contributed by atoms with van der Waals surface area (Å²) in [6.45, 7) is 0.522. The molecule has 8 nitrogen and oxygen atoms in total. The molecule has 2 N–H and O–H groups in total. The van der Waals surface area contributed by atoms with Crippen molar-refractivity contribution in [1.29, 1.82) is 0 Å². The fraction of sp³-hybridized carbons (Fsp3) is 0.280. The molecule has 0 spiro atoms. The number of nitrogens with zero attached hydrogens (tertiary/aromatic N) is 2. The Kier molecular flexibility index (Phi) is 5.57. The number of aliphatic hydroxyl groups excluding tert-OH is 1. The minimum Gasteiger partial charge on any atom is -0.497 e. The summed E-state index contributed by atoms with van der Waals surface area (Å²) in [6, 6.07) is 14.1. The number of aliphatic hydroxyl groups is 1. The molecule has 0 amide bonds. The first-order chi connectivity index (χ1) is 17.0. The monoisotopic (exact) mass is 497 g/mol. The molecule has 2 saturated heterocycles. The van der Waals surface area contributed by atoms with Gasteiger partial charge in [0.25, 0.3) is 6.01 Å². The Hall–Kier alpha value is -3.24. The molecule has 4 heterocycles. The quantitative estimate of drug-likeness (QED) is 0.430. The summed E-state index contributed by atoms with van der Waals surface area (Å²) in [6.07, 6.45) is -1.77. The molecule has 4 unspecified atom stereocenters. The average Bonchev–Trinajstić information content (AvgIpc) is 3.55. The molecule has 2 fully saturated rings. The Morgan fingerprint density at radius 3 is 2.57 bits per heavy atom. The van der Waals surface area contributed by atoms with Crippen LogP contribution in [0.15, 0.2) is 48.5 Å². The standard InChI is InChI=1S/C25H21ClFN3O5/c1-32-16-7-14(6-15(27)8-16)12-2-4-13(5-3-12)21-17(26)9-18-24(29-21)30-25(28-18)35-20-11-34-22-19(31)10-33-23(20)22/h2-9,19-20,22-23,31H,10-11H2,1H3,(H,28,29,30). The van der Waals surface area contributed by atoms with Crippen LogP contribution in [0.25, 0.3) is 33.5 Å². The zero-order chi connectivity index (χ0) is 24.1. The number of hydrogen-bond donors (Lipinski definition) is 2. The van der Waals surface area contributed by atoms with Gasteiger partial charge in [-0.2, -0.15) is 4.98 Å². The van der Waals surface area contributed by atoms with Crippen LogP contribution in [0.1, 0.15) is 0 Å². The Balaban J connectivity index is 1.25. The lowest BCUT2D eigenvalue weighted by atomic mass is 10.0. The fourth-order valence-corrected chi connectivity index (χ4v) is 4.77. The highest BCUT2D eigenvalue weighted by Crippen LogP contribution is 2.33. The van der Waals surface area contributed by atoms with Crippen LogP contribution in [-0.2, 0) is 9.47 Å². The van der Waals surface area contributed by atoms with E-state index in [-0.39, 0.29) is 36.7 Å². The lowest BCUT2D eigenvalue weighted by Gasteiger charge is -2.15. The first-order valence-corrected chi connectivity index (χ1v) is 11.5. The van der Waals surface area contributed by atoms with Gasteiger partial charge in [0.15, 0.2) is 11.8 Å². The van der Waals surface area contributed by atoms with Crippen molar-refractivity contribution >= 4 is 22.8 Å². The van der Waals surface area contributed by atoms with Crippen LogP contribution >= 0.6 is 11.6 Å². The Morgan fingerprint density at radius 1 is 1.00 bits per heavy atom. The van der Waals surface area contributed by atoms with Crippen molar-refractivity contribution in [2.75, 3.05) is 20.3 Å². The van der Waals surface area contributed by atoms with Crippen molar-refractivity contribution in [2.24, 2.45) is 0 Å². The highest BCUT2D eigenvalue weighted by molar-refractivity contribution is 6.33. The molecule has 0 bridgehead atoms. The Labute approximate surface area is 204 Å². The molecule has 2 aliphatic heterocycles. The highest BCUT2D eigenvalue weighted by Gasteiger charge is 2.48. The molecular weight excluding hydrogens is 477 g/mol. The van der Waals surface area contributed by atoms with Crippen LogP contribution in [0.2, 0.25) is 5.02 Å². The number of halogens is 2. The maximum atomic E-state index is 13.9. The van der Waals surface area contributed by atoms with Gasteiger partial charge >= 0.3 is 0 Å². The van der Waals surface area contributed by atoms with Crippen LogP contribution in [0.4, 0.5) is 4.39 Å². The number of aromatic nitrogens is 3. The zero-order valence-electron chi connectivity index (χ0n) is 18.6. The lowest BCUT2D eigenvalue weighted by molar-refractivity contribution is 0.00706. The van der Waals surface area contributed by atoms with E-state index in [1.165, 1.54) is 19.2 Å². The molecule has 35 heavy (non-hydrogen) atoms. The minimum absolute atomic E-state index is 0.224. The molecule has 2 aliphatic rings. The summed E-state index contributed by atoms with van der Waals surface area (Å²) in [5, 5.41) is 10.4. The molecule has 4 aromatic rings. The van der Waals surface area contributed by atoms with Crippen LogP contribution in [-0.4, -0.2) is 64.8 Å². The lowest BCUT2D eigenvalue weighted by Crippen LogP contribution is -2.34. The summed E-state index contributed by atoms with van der Waals surface area (Å²) in [7, 11) is 1.50. The van der Waals surface area contributed by atoms with E-state index in [0.717, 1.165) is 11.1 Å². The van der Waals surface area contributed by atoms with Crippen molar-refractivity contribution in [1.82, 2.24) is 15.0 Å². The number of methoxy groups -OCH3 is 1. The third kappa shape index (κ3) is 4.10. The zero-order valence-corrected chi connectivity index (χ0v) is 19.3. The van der Waals surface area contributed by atoms with E-state index in [9.17, 15) is 9.50 Å². The van der Waals surface area contributed by atoms with Gasteiger partial charge in [0.05, 0.1) is 36.6 Å². The predicted molar refractivity (Wildman–Crippen MR) is 126 cm³/mol. The smallest absolute Gasteiger partial charge is 0.296 e. The number of rotatable bonds is 5. The molecule has 10 heteroatoms. The van der Waals surface area contributed by atoms with E-state index >= 15 is 0 Å². The topological polar surface area (TPSA) is 98.7 Å². The molecule has 0 saturated carbocycles. The largest absolute Gasteiger partial charge is 0.497 e. The molecule has 2 aromatic heterocycles. The summed E-state index contributed by atoms with van der Waals surface area (Å²) >= 11 is 6.54. The number of aromatic amines is 1. The van der Waals surface area contributed by atoms with Gasteiger partial charge in [-0.15, -0.1) is 0 Å². The first-order valence-electron chi connectivity index (χ1n) is 11.1. The normalized spacial score (nSPS) is 23.5. The van der Waals surface area contributed by atoms with Crippen LogP contribution < -0.4 is 9.47 Å². The molecule has 6 rings (SSSR count). The summed E-state index contributed by atoms with van der Waals surface area (Å²) in [5.74, 6) is 0.0802. The van der Waals surface area contributed by atoms with Crippen molar-refractivity contribution < 1.29 is 28.4 Å². The van der Waals surface area contributed by atoms with Gasteiger partial charge in [0.2, 0.25) is 0 Å². The summed E-state index contributed by atoms with van der Waals surface area (Å²) in [4.78, 5) is 12.2. The van der Waals surface area contributed by atoms with E-state index in [1.54, 1.807) is 12.1 Å². The van der Waals surface area contributed by atoms with Gasteiger partial charge in [-0.25, -0.2) is 9.37 Å². The number of benzene rings is 2. The van der Waals surface area contributed by atoms with Crippen molar-refractivity contribution in [3.05, 3.63) is 59.4 Å². The van der Waals surface area contributed by atoms with E-state index in [4.69, 9.17) is 30.5 Å². The average molecular weight is 498 g/mol. The van der Waals surface area contributed by atoms with Gasteiger partial charge in [-0.05, 0) is 29.3 Å². The second kappa shape index (κ2) is 8.76. The van der Waals surface area contributed by atoms with Crippen molar-refractivity contribution in [2.45, 2.75) is 24.4 Å². The van der Waals surface area contributed by atoms with E-state index in [1.807, 2.05) is 24.3 Å². The number of imidazole rings is 1. The molecule has 0 aliphatic carbocycles. The van der Waals surface area contributed by atoms with Gasteiger partial charge in [-0.3, -0.25) is 0 Å². The second-order valence-corrected chi connectivity index (χ2v) is 8.92. The second-order valence-electron chi connectivity index (χ2n) is 8.51. The SMILES string of the molecule is COc1cc(F)cc(-c2ccc(-c3nc4nc(OC5COC6C(O)COC56)[nH]c4cc3Cl)cc2)c1. The van der Waals surface area contributed by atoms with E-state index in [0.29, 0.717) is 39.8 Å². The number of fused-ring (bicyclic) bond motifs is 2. The number of hydrogen-bond acceptors (Lipinski definition) is 7. The fourth-order valence-electron chi connectivity index (χ4n) is 4.51. The number of ether oxygens (including phenoxy) is 4. The van der Waals surface area contributed by atoms with Crippen molar-refractivity contribution in [3.63, 3.8) is 0 Å². The Morgan fingerprint density at radius 2 is 1.77 bits per heavy atom. The predicted octanol–water partition coefficient (Wildman–Crippen LogP) is 4.00. The van der Waals surface area contributed by atoms with Crippen LogP contribution in [0.3, 0.4) is 0 Å². The maximum Gasteiger partial charge on any atom is 0.296 e. The summed E-state index contributed by atoms with van der Waals surface area (Å²) in [5.41, 5.74) is 3.95. The number of H-pyrrole nitrogens is 1. The molecule has 180 valence electrons. The van der Waals surface area contributed by atoms with Crippen molar-refractivity contribution in [3.8, 4) is 34.1 Å². The van der Waals surface area contributed by atoms with Gasteiger partial charge < -0.3 is 29.0 Å². The van der Waals surface area contributed by atoms with Gasteiger partial charge in [0, 0.05) is 11.6 Å². The number of pyridine rings is 1. The highest BCUT2D eigenvalue weighted by atomic mass is 35.5. The summed E-state index contributed by atoms with van der Waals surface area (Å²) < 4.78 is 36.2. The molecule has 2 aromatic carbocycles.